The van der Waals surface area contributed by atoms with Crippen LogP contribution in [0.5, 0.6) is 0 Å². The Kier molecular flexibility index (Phi) is 4.57. The number of aryl methyl sites for hydroxylation is 2. The molecule has 0 aliphatic rings. The molecule has 6 nitrogen and oxygen atoms in total. The fourth-order valence-corrected chi connectivity index (χ4v) is 2.08. The number of aromatic nitrogens is 3. The highest BCUT2D eigenvalue weighted by Gasteiger charge is 2.36. The second kappa shape index (κ2) is 6.27. The first-order chi connectivity index (χ1) is 10.7. The Morgan fingerprint density at radius 1 is 1.39 bits per heavy atom. The fraction of sp³-hybridized carbons (Fsp3) is 0.357. The number of methoxy groups -OCH3 is 1. The van der Waals surface area contributed by atoms with Crippen molar-refractivity contribution >= 4 is 11.8 Å². The van der Waals surface area contributed by atoms with Gasteiger partial charge in [-0.3, -0.25) is 4.68 Å². The Hall–Kier alpha value is -2.58. The molecule has 0 aliphatic carbocycles. The molecule has 2 rings (SSSR count). The first-order valence-electron chi connectivity index (χ1n) is 6.62. The van der Waals surface area contributed by atoms with Gasteiger partial charge in [0.15, 0.2) is 5.69 Å². The largest absolute Gasteiger partial charge is 0.465 e. The van der Waals surface area contributed by atoms with E-state index >= 15 is 0 Å². The van der Waals surface area contributed by atoms with Crippen LogP contribution in [0.4, 0.5) is 19.0 Å². The van der Waals surface area contributed by atoms with E-state index in [1.807, 2.05) is 0 Å². The maximum atomic E-state index is 12.9. The molecule has 0 bridgehead atoms. The summed E-state index contributed by atoms with van der Waals surface area (Å²) in [4.78, 5) is 15.6. The van der Waals surface area contributed by atoms with Crippen molar-refractivity contribution in [3.63, 3.8) is 0 Å². The van der Waals surface area contributed by atoms with Gasteiger partial charge in [-0.05, 0) is 19.1 Å². The molecule has 0 saturated carbocycles. The standard InChI is InChI=1S/C14H15F3N4O2/c1-8-10(13(22)23-3)4-5-11(19-8)18-6-9-7-21(2)20-12(9)14(15,16)17/h4-5,7H,6H2,1-3H3,(H,18,19). The van der Waals surface area contributed by atoms with Gasteiger partial charge in [0, 0.05) is 25.4 Å². The number of alkyl halides is 3. The zero-order chi connectivity index (χ0) is 17.2. The summed E-state index contributed by atoms with van der Waals surface area (Å²) in [5.41, 5.74) is -0.202. The third-order valence-electron chi connectivity index (χ3n) is 3.12. The van der Waals surface area contributed by atoms with E-state index in [0.717, 1.165) is 4.68 Å². The van der Waals surface area contributed by atoms with Gasteiger partial charge in [-0.15, -0.1) is 0 Å². The predicted molar refractivity (Wildman–Crippen MR) is 75.9 cm³/mol. The van der Waals surface area contributed by atoms with Crippen LogP contribution >= 0.6 is 0 Å². The molecule has 0 saturated heterocycles. The van der Waals surface area contributed by atoms with Crippen LogP contribution < -0.4 is 5.32 Å². The molecular weight excluding hydrogens is 313 g/mol. The molecule has 124 valence electrons. The number of carbonyl (C=O) groups excluding carboxylic acids is 1. The lowest BCUT2D eigenvalue weighted by atomic mass is 10.2. The number of carbonyl (C=O) groups is 1. The number of hydrogen-bond acceptors (Lipinski definition) is 5. The molecule has 0 aliphatic heterocycles. The lowest BCUT2D eigenvalue weighted by Gasteiger charge is -2.09. The number of rotatable bonds is 4. The molecular formula is C14H15F3N4O2. The number of anilines is 1. The first-order valence-corrected chi connectivity index (χ1v) is 6.62. The third kappa shape index (κ3) is 3.79. The minimum absolute atomic E-state index is 0.0106. The lowest BCUT2D eigenvalue weighted by Crippen LogP contribution is -2.12. The maximum absolute atomic E-state index is 12.9. The van der Waals surface area contributed by atoms with E-state index in [0.29, 0.717) is 17.1 Å². The summed E-state index contributed by atoms with van der Waals surface area (Å²) >= 11 is 0. The number of pyridine rings is 1. The van der Waals surface area contributed by atoms with Gasteiger partial charge in [0.2, 0.25) is 0 Å². The van der Waals surface area contributed by atoms with E-state index in [4.69, 9.17) is 0 Å². The van der Waals surface area contributed by atoms with Crippen LogP contribution in [0.2, 0.25) is 0 Å². The van der Waals surface area contributed by atoms with E-state index in [9.17, 15) is 18.0 Å². The summed E-state index contributed by atoms with van der Waals surface area (Å²) in [6, 6.07) is 3.01. The van der Waals surface area contributed by atoms with Crippen LogP contribution in [0.15, 0.2) is 18.3 Å². The van der Waals surface area contributed by atoms with E-state index in [2.05, 4.69) is 20.1 Å². The number of esters is 1. The summed E-state index contributed by atoms with van der Waals surface area (Å²) < 4.78 is 44.3. The average Bonchev–Trinajstić information content (AvgIpc) is 2.85. The Labute approximate surface area is 130 Å². The van der Waals surface area contributed by atoms with Crippen LogP contribution in [0.3, 0.4) is 0 Å². The van der Waals surface area contributed by atoms with E-state index in [1.54, 1.807) is 6.92 Å². The van der Waals surface area contributed by atoms with Gasteiger partial charge in [0.25, 0.3) is 0 Å². The normalized spacial score (nSPS) is 11.4. The van der Waals surface area contributed by atoms with Gasteiger partial charge in [-0.2, -0.15) is 18.3 Å². The number of halogens is 3. The minimum atomic E-state index is -4.52. The zero-order valence-electron chi connectivity index (χ0n) is 12.7. The van der Waals surface area contributed by atoms with Crippen LogP contribution in [0, 0.1) is 6.92 Å². The molecule has 0 fully saturated rings. The van der Waals surface area contributed by atoms with Crippen LogP contribution in [-0.4, -0.2) is 27.8 Å². The highest BCUT2D eigenvalue weighted by atomic mass is 19.4. The summed E-state index contributed by atoms with van der Waals surface area (Å²) in [6.45, 7) is 1.52. The Balaban J connectivity index is 2.16. The van der Waals surface area contributed by atoms with Crippen molar-refractivity contribution in [2.45, 2.75) is 19.6 Å². The van der Waals surface area contributed by atoms with Gasteiger partial charge >= 0.3 is 12.1 Å². The molecule has 1 N–H and O–H groups in total. The zero-order valence-corrected chi connectivity index (χ0v) is 12.7. The summed E-state index contributed by atoms with van der Waals surface area (Å²) in [7, 11) is 2.68. The predicted octanol–water partition coefficient (Wildman–Crippen LogP) is 2.54. The fourth-order valence-electron chi connectivity index (χ4n) is 2.08. The van der Waals surface area contributed by atoms with Gasteiger partial charge in [-0.1, -0.05) is 0 Å². The highest BCUT2D eigenvalue weighted by molar-refractivity contribution is 5.90. The van der Waals surface area contributed by atoms with E-state index < -0.39 is 17.8 Å². The molecule has 2 aromatic heterocycles. The topological polar surface area (TPSA) is 69.0 Å². The smallest absolute Gasteiger partial charge is 0.435 e. The Morgan fingerprint density at radius 2 is 2.09 bits per heavy atom. The second-order valence-electron chi connectivity index (χ2n) is 4.85. The molecule has 2 aromatic rings. The Bertz CT molecular complexity index is 725. The van der Waals surface area contributed by atoms with E-state index in [-0.39, 0.29) is 12.1 Å². The van der Waals surface area contributed by atoms with Crippen LogP contribution in [0.25, 0.3) is 0 Å². The van der Waals surface area contributed by atoms with Crippen molar-refractivity contribution in [1.82, 2.24) is 14.8 Å². The van der Waals surface area contributed by atoms with Gasteiger partial charge in [0.05, 0.1) is 18.4 Å². The first kappa shape index (κ1) is 16.8. The number of nitrogens with zero attached hydrogens (tertiary/aromatic N) is 3. The molecule has 0 radical (unpaired) electrons. The number of ether oxygens (including phenoxy) is 1. The highest BCUT2D eigenvalue weighted by Crippen LogP contribution is 2.30. The molecule has 0 aromatic carbocycles. The van der Waals surface area contributed by atoms with Crippen molar-refractivity contribution < 1.29 is 22.7 Å². The quantitative estimate of drug-likeness (QED) is 0.874. The SMILES string of the molecule is COC(=O)c1ccc(NCc2cn(C)nc2C(F)(F)F)nc1C. The van der Waals surface area contributed by atoms with Gasteiger partial charge < -0.3 is 10.1 Å². The lowest BCUT2D eigenvalue weighted by molar-refractivity contribution is -0.142. The van der Waals surface area contributed by atoms with Crippen LogP contribution in [0.1, 0.15) is 27.3 Å². The molecule has 9 heteroatoms. The molecule has 2 heterocycles. The van der Waals surface area contributed by atoms with Crippen molar-refractivity contribution in [2.24, 2.45) is 7.05 Å². The van der Waals surface area contributed by atoms with E-state index in [1.165, 1.54) is 32.5 Å². The maximum Gasteiger partial charge on any atom is 0.435 e. The number of nitrogens with one attached hydrogen (secondary N) is 1. The summed E-state index contributed by atoms with van der Waals surface area (Å²) in [5, 5.41) is 6.23. The van der Waals surface area contributed by atoms with Crippen LogP contribution in [-0.2, 0) is 24.5 Å². The summed E-state index contributed by atoms with van der Waals surface area (Å²) in [6.07, 6.45) is -3.22. The molecule has 0 atom stereocenters. The molecule has 0 unspecified atom stereocenters. The van der Waals surface area contributed by atoms with Crippen molar-refractivity contribution in [2.75, 3.05) is 12.4 Å². The van der Waals surface area contributed by atoms with Gasteiger partial charge in [0.1, 0.15) is 5.82 Å². The van der Waals surface area contributed by atoms with Crippen molar-refractivity contribution in [3.05, 3.63) is 40.8 Å². The minimum Gasteiger partial charge on any atom is -0.465 e. The summed E-state index contributed by atoms with van der Waals surface area (Å²) in [5.74, 6) is -0.166. The monoisotopic (exact) mass is 328 g/mol. The van der Waals surface area contributed by atoms with Crippen molar-refractivity contribution in [3.8, 4) is 0 Å². The average molecular weight is 328 g/mol. The molecule has 0 amide bonds. The second-order valence-corrected chi connectivity index (χ2v) is 4.85. The van der Waals surface area contributed by atoms with Gasteiger partial charge in [-0.25, -0.2) is 9.78 Å². The molecule has 0 spiro atoms. The Morgan fingerprint density at radius 3 is 2.65 bits per heavy atom. The molecule has 23 heavy (non-hydrogen) atoms. The van der Waals surface area contributed by atoms with Crippen molar-refractivity contribution in [1.29, 1.82) is 0 Å². The third-order valence-corrected chi connectivity index (χ3v) is 3.12. The number of hydrogen-bond donors (Lipinski definition) is 1.